The number of ether oxygens (including phenoxy) is 2. The molecule has 0 radical (unpaired) electrons. The minimum Gasteiger partial charge on any atom is -0.496 e. The van der Waals surface area contributed by atoms with Crippen molar-refractivity contribution in [1.29, 1.82) is 0 Å². The highest BCUT2D eigenvalue weighted by Gasteiger charge is 2.34. The molecule has 0 spiro atoms. The van der Waals surface area contributed by atoms with Crippen molar-refractivity contribution in [3.8, 4) is 5.75 Å². The molecule has 0 saturated carbocycles. The number of hydrogen-bond donors (Lipinski definition) is 0. The van der Waals surface area contributed by atoms with Gasteiger partial charge in [-0.25, -0.2) is 13.2 Å². The summed E-state index contributed by atoms with van der Waals surface area (Å²) >= 11 is 0. The average Bonchev–Trinajstić information content (AvgIpc) is 3.02. The molecular weight excluding hydrogens is 370 g/mol. The lowest BCUT2D eigenvalue weighted by Crippen LogP contribution is -2.43. The number of benzene rings is 1. The zero-order valence-corrected chi connectivity index (χ0v) is 16.4. The molecule has 1 atom stereocenters. The number of esters is 1. The molecule has 1 saturated heterocycles. The van der Waals surface area contributed by atoms with Gasteiger partial charge in [-0.1, -0.05) is 25.1 Å². The Morgan fingerprint density at radius 1 is 1.30 bits per heavy atom. The van der Waals surface area contributed by atoms with Gasteiger partial charge in [-0.15, -0.1) is 0 Å². The van der Waals surface area contributed by atoms with Gasteiger partial charge >= 0.3 is 5.97 Å². The molecule has 148 valence electrons. The quantitative estimate of drug-likeness (QED) is 0.491. The van der Waals surface area contributed by atoms with Gasteiger partial charge in [-0.3, -0.25) is 4.79 Å². The van der Waals surface area contributed by atoms with Crippen LogP contribution in [0.15, 0.2) is 30.3 Å². The number of sulfone groups is 1. The van der Waals surface area contributed by atoms with Crippen LogP contribution in [0.4, 0.5) is 0 Å². The van der Waals surface area contributed by atoms with E-state index in [1.807, 2.05) is 19.1 Å². The van der Waals surface area contributed by atoms with Crippen LogP contribution < -0.4 is 4.74 Å². The van der Waals surface area contributed by atoms with E-state index in [1.165, 1.54) is 18.1 Å². The SMILES string of the molecule is CCCN(C(=O)COC(=O)/C=C/c1ccccc1OC)[C@H]1CCS(=O)(=O)C1. The van der Waals surface area contributed by atoms with Crippen molar-refractivity contribution in [2.24, 2.45) is 0 Å². The Morgan fingerprint density at radius 3 is 2.67 bits per heavy atom. The average molecular weight is 395 g/mol. The first-order valence-electron chi connectivity index (χ1n) is 8.84. The number of amides is 1. The summed E-state index contributed by atoms with van der Waals surface area (Å²) in [6.07, 6.45) is 3.91. The van der Waals surface area contributed by atoms with Crippen molar-refractivity contribution in [2.75, 3.05) is 31.8 Å². The van der Waals surface area contributed by atoms with E-state index in [-0.39, 0.29) is 23.5 Å². The van der Waals surface area contributed by atoms with Crippen LogP contribution in [0.25, 0.3) is 6.08 Å². The third-order valence-electron chi connectivity index (χ3n) is 4.31. The predicted molar refractivity (Wildman–Crippen MR) is 102 cm³/mol. The summed E-state index contributed by atoms with van der Waals surface area (Å²) < 4.78 is 33.6. The number of rotatable bonds is 8. The van der Waals surface area contributed by atoms with E-state index in [9.17, 15) is 18.0 Å². The Balaban J connectivity index is 1.92. The van der Waals surface area contributed by atoms with Crippen LogP contribution in [0.2, 0.25) is 0 Å². The predicted octanol–water partition coefficient (Wildman–Crippen LogP) is 1.68. The monoisotopic (exact) mass is 395 g/mol. The molecule has 1 aromatic rings. The number of para-hydroxylation sites is 1. The summed E-state index contributed by atoms with van der Waals surface area (Å²) in [4.78, 5) is 25.8. The van der Waals surface area contributed by atoms with Crippen LogP contribution in [0.5, 0.6) is 5.75 Å². The summed E-state index contributed by atoms with van der Waals surface area (Å²) in [6, 6.07) is 6.85. The van der Waals surface area contributed by atoms with Crippen molar-refractivity contribution in [3.63, 3.8) is 0 Å². The van der Waals surface area contributed by atoms with Gasteiger partial charge in [-0.05, 0) is 25.0 Å². The van der Waals surface area contributed by atoms with E-state index < -0.39 is 22.4 Å². The van der Waals surface area contributed by atoms with Gasteiger partial charge in [0, 0.05) is 24.2 Å². The number of hydrogen-bond acceptors (Lipinski definition) is 6. The maximum atomic E-state index is 12.4. The second-order valence-electron chi connectivity index (χ2n) is 6.33. The number of methoxy groups -OCH3 is 1. The Hall–Kier alpha value is -2.35. The minimum absolute atomic E-state index is 0.0274. The Bertz CT molecular complexity index is 802. The van der Waals surface area contributed by atoms with E-state index in [4.69, 9.17) is 9.47 Å². The lowest BCUT2D eigenvalue weighted by Gasteiger charge is -2.27. The van der Waals surface area contributed by atoms with E-state index in [1.54, 1.807) is 18.2 Å². The largest absolute Gasteiger partial charge is 0.496 e. The van der Waals surface area contributed by atoms with E-state index in [0.717, 1.165) is 0 Å². The first-order chi connectivity index (χ1) is 12.9. The molecule has 1 aliphatic heterocycles. The third-order valence-corrected chi connectivity index (χ3v) is 6.06. The summed E-state index contributed by atoms with van der Waals surface area (Å²) in [5, 5.41) is 0. The highest BCUT2D eigenvalue weighted by molar-refractivity contribution is 7.91. The summed E-state index contributed by atoms with van der Waals surface area (Å²) in [7, 11) is -1.56. The molecule has 1 heterocycles. The summed E-state index contributed by atoms with van der Waals surface area (Å²) in [6.45, 7) is 1.94. The fraction of sp³-hybridized carbons (Fsp3) is 0.474. The van der Waals surface area contributed by atoms with Crippen LogP contribution in [0.1, 0.15) is 25.3 Å². The molecule has 0 N–H and O–H groups in total. The molecular formula is C19H25NO6S. The maximum absolute atomic E-state index is 12.4. The maximum Gasteiger partial charge on any atom is 0.331 e. The smallest absolute Gasteiger partial charge is 0.331 e. The molecule has 27 heavy (non-hydrogen) atoms. The van der Waals surface area contributed by atoms with Crippen LogP contribution >= 0.6 is 0 Å². The normalized spacial score (nSPS) is 18.4. The van der Waals surface area contributed by atoms with Gasteiger partial charge in [0.05, 0.1) is 18.6 Å². The fourth-order valence-electron chi connectivity index (χ4n) is 3.00. The Labute approximate surface area is 159 Å². The van der Waals surface area contributed by atoms with Gasteiger partial charge in [0.15, 0.2) is 16.4 Å². The van der Waals surface area contributed by atoms with Crippen LogP contribution in [-0.4, -0.2) is 63.0 Å². The van der Waals surface area contributed by atoms with Crippen LogP contribution in [0.3, 0.4) is 0 Å². The first-order valence-corrected chi connectivity index (χ1v) is 10.7. The summed E-state index contributed by atoms with van der Waals surface area (Å²) in [5.74, 6) is -0.343. The third kappa shape index (κ3) is 6.09. The lowest BCUT2D eigenvalue weighted by molar-refractivity contribution is -0.149. The number of carbonyl (C=O) groups is 2. The molecule has 0 aliphatic carbocycles. The van der Waals surface area contributed by atoms with Gasteiger partial charge in [0.1, 0.15) is 5.75 Å². The first kappa shape index (κ1) is 21.0. The van der Waals surface area contributed by atoms with Gasteiger partial charge in [0.25, 0.3) is 5.91 Å². The lowest BCUT2D eigenvalue weighted by atomic mass is 10.2. The molecule has 1 amide bonds. The Morgan fingerprint density at radius 2 is 2.04 bits per heavy atom. The van der Waals surface area contributed by atoms with Gasteiger partial charge in [-0.2, -0.15) is 0 Å². The zero-order valence-electron chi connectivity index (χ0n) is 15.6. The van der Waals surface area contributed by atoms with E-state index >= 15 is 0 Å². The minimum atomic E-state index is -3.09. The molecule has 0 bridgehead atoms. The van der Waals surface area contributed by atoms with E-state index in [0.29, 0.717) is 30.7 Å². The second kappa shape index (κ2) is 9.55. The zero-order chi connectivity index (χ0) is 19.9. The second-order valence-corrected chi connectivity index (χ2v) is 8.56. The highest BCUT2D eigenvalue weighted by Crippen LogP contribution is 2.19. The Kier molecular flexibility index (Phi) is 7.41. The van der Waals surface area contributed by atoms with Crippen molar-refractivity contribution in [2.45, 2.75) is 25.8 Å². The number of nitrogens with zero attached hydrogens (tertiary/aromatic N) is 1. The van der Waals surface area contributed by atoms with Gasteiger partial charge in [0.2, 0.25) is 0 Å². The molecule has 1 fully saturated rings. The number of carbonyl (C=O) groups excluding carboxylic acids is 2. The molecule has 1 aliphatic rings. The molecule has 0 unspecified atom stereocenters. The van der Waals surface area contributed by atoms with Crippen LogP contribution in [0, 0.1) is 0 Å². The van der Waals surface area contributed by atoms with Crippen LogP contribution in [-0.2, 0) is 24.2 Å². The van der Waals surface area contributed by atoms with Crippen molar-refractivity contribution >= 4 is 27.8 Å². The van der Waals surface area contributed by atoms with Gasteiger partial charge < -0.3 is 14.4 Å². The van der Waals surface area contributed by atoms with E-state index in [2.05, 4.69) is 0 Å². The molecule has 1 aromatic carbocycles. The molecule has 8 heteroatoms. The standard InChI is InChI=1S/C19H25NO6S/c1-3-11-20(16-10-12-27(23,24)14-16)18(21)13-26-19(22)9-8-15-6-4-5-7-17(15)25-2/h4-9,16H,3,10-14H2,1-2H3/b9-8+/t16-/m0/s1. The van der Waals surface area contributed by atoms with Crippen molar-refractivity contribution in [3.05, 3.63) is 35.9 Å². The van der Waals surface area contributed by atoms with Crippen molar-refractivity contribution in [1.82, 2.24) is 4.90 Å². The summed E-state index contributed by atoms with van der Waals surface area (Å²) in [5.41, 5.74) is 0.715. The molecule has 7 nitrogen and oxygen atoms in total. The molecule has 0 aromatic heterocycles. The molecule has 2 rings (SSSR count). The topological polar surface area (TPSA) is 90.0 Å². The highest BCUT2D eigenvalue weighted by atomic mass is 32.2. The van der Waals surface area contributed by atoms with Crippen molar-refractivity contribution < 1.29 is 27.5 Å². The fourth-order valence-corrected chi connectivity index (χ4v) is 4.73.